The summed E-state index contributed by atoms with van der Waals surface area (Å²) < 4.78 is 10.2. The quantitative estimate of drug-likeness (QED) is 0.346. The van der Waals surface area contributed by atoms with Crippen LogP contribution in [0.5, 0.6) is 0 Å². The molecular weight excluding hydrogens is 378 g/mol. The second-order valence-electron chi connectivity index (χ2n) is 5.78. The Morgan fingerprint density at radius 1 is 1.11 bits per heavy atom. The van der Waals surface area contributed by atoms with Gasteiger partial charge in [-0.2, -0.15) is 5.10 Å². The molecule has 2 amide bonds. The van der Waals surface area contributed by atoms with E-state index in [1.54, 1.807) is 12.1 Å². The van der Waals surface area contributed by atoms with Crippen molar-refractivity contribution in [2.45, 2.75) is 5.09 Å². The Balaban J connectivity index is 1.48. The van der Waals surface area contributed by atoms with Crippen molar-refractivity contribution in [2.75, 3.05) is 24.8 Å². The average Bonchev–Trinajstić information content (AvgIpc) is 3.14. The van der Waals surface area contributed by atoms with Gasteiger partial charge in [0.2, 0.25) is 5.91 Å². The van der Waals surface area contributed by atoms with Gasteiger partial charge in [0.25, 0.3) is 5.91 Å². The van der Waals surface area contributed by atoms with Gasteiger partial charge in [-0.15, -0.1) is 0 Å². The lowest BCUT2D eigenvalue weighted by Crippen LogP contribution is -2.22. The van der Waals surface area contributed by atoms with Gasteiger partial charge in [0.15, 0.2) is 5.09 Å². The molecule has 0 atom stereocenters. The number of nitrogens with zero attached hydrogens (tertiary/aromatic N) is 1. The maximum Gasteiger partial charge on any atom is 0.266 e. The van der Waals surface area contributed by atoms with E-state index >= 15 is 0 Å². The number of thioether (sulfide) groups is 1. The van der Waals surface area contributed by atoms with Gasteiger partial charge >= 0.3 is 0 Å². The molecule has 0 radical (unpaired) electrons. The minimum atomic E-state index is -0.356. The van der Waals surface area contributed by atoms with Gasteiger partial charge in [0, 0.05) is 12.8 Å². The van der Waals surface area contributed by atoms with E-state index < -0.39 is 0 Å². The van der Waals surface area contributed by atoms with Crippen LogP contribution in [0.15, 0.2) is 69.2 Å². The fraction of sp³-hybridized carbons (Fsp3) is 0.150. The molecule has 0 saturated heterocycles. The van der Waals surface area contributed by atoms with Crippen molar-refractivity contribution in [3.05, 3.63) is 60.4 Å². The highest BCUT2D eigenvalue weighted by Crippen LogP contribution is 2.22. The summed E-state index contributed by atoms with van der Waals surface area (Å²) in [5.74, 6) is 0.195. The molecule has 2 N–H and O–H groups in total. The van der Waals surface area contributed by atoms with E-state index in [-0.39, 0.29) is 24.2 Å². The van der Waals surface area contributed by atoms with E-state index in [4.69, 9.17) is 4.42 Å². The number of carbonyl (C=O) groups excluding carboxylic acids is 2. The second-order valence-corrected chi connectivity index (χ2v) is 6.76. The molecule has 0 spiro atoms. The van der Waals surface area contributed by atoms with Crippen LogP contribution in [-0.2, 0) is 14.3 Å². The standard InChI is InChI=1S/C20H19N3O4S/c1-26-12-18(24)23-21-11-17-8-9-20(27-17)28-13-19(25)22-16-7-6-14-4-2-3-5-15(14)10-16/h2-11H,12-13H2,1H3,(H,22,25)(H,23,24)/b21-11-. The van der Waals surface area contributed by atoms with Crippen LogP contribution in [0.1, 0.15) is 5.76 Å². The number of benzene rings is 2. The number of fused-ring (bicyclic) bond motifs is 1. The first-order chi connectivity index (χ1) is 13.6. The molecule has 0 aliphatic heterocycles. The van der Waals surface area contributed by atoms with Crippen molar-refractivity contribution in [3.8, 4) is 0 Å². The number of nitrogens with one attached hydrogen (secondary N) is 2. The molecule has 1 aromatic heterocycles. The van der Waals surface area contributed by atoms with Gasteiger partial charge in [-0.25, -0.2) is 5.43 Å². The molecule has 2 aromatic carbocycles. The molecule has 0 aliphatic carbocycles. The Morgan fingerprint density at radius 2 is 1.93 bits per heavy atom. The van der Waals surface area contributed by atoms with Crippen molar-refractivity contribution in [3.63, 3.8) is 0 Å². The van der Waals surface area contributed by atoms with E-state index in [1.165, 1.54) is 25.1 Å². The Hall–Kier alpha value is -3.10. The number of anilines is 1. The van der Waals surface area contributed by atoms with E-state index in [0.29, 0.717) is 10.9 Å². The van der Waals surface area contributed by atoms with Gasteiger partial charge < -0.3 is 14.5 Å². The Bertz CT molecular complexity index is 1000. The molecular formula is C20H19N3O4S. The first-order valence-electron chi connectivity index (χ1n) is 8.46. The zero-order valence-electron chi connectivity index (χ0n) is 15.2. The van der Waals surface area contributed by atoms with Gasteiger partial charge in [0.05, 0.1) is 12.0 Å². The van der Waals surface area contributed by atoms with E-state index in [0.717, 1.165) is 16.5 Å². The highest BCUT2D eigenvalue weighted by Gasteiger charge is 2.07. The molecule has 1 heterocycles. The first kappa shape index (κ1) is 19.7. The fourth-order valence-electron chi connectivity index (χ4n) is 2.41. The minimum Gasteiger partial charge on any atom is -0.449 e. The normalized spacial score (nSPS) is 11.0. The number of hydrazone groups is 1. The third-order valence-corrected chi connectivity index (χ3v) is 4.55. The molecule has 28 heavy (non-hydrogen) atoms. The predicted octanol–water partition coefficient (Wildman–Crippen LogP) is 3.26. The number of furan rings is 1. The predicted molar refractivity (Wildman–Crippen MR) is 110 cm³/mol. The molecule has 0 aliphatic rings. The highest BCUT2D eigenvalue weighted by atomic mass is 32.2. The summed E-state index contributed by atoms with van der Waals surface area (Å²) >= 11 is 1.27. The van der Waals surface area contributed by atoms with Crippen LogP contribution in [0.4, 0.5) is 5.69 Å². The minimum absolute atomic E-state index is 0.0666. The van der Waals surface area contributed by atoms with Crippen molar-refractivity contribution in [1.29, 1.82) is 0 Å². The monoisotopic (exact) mass is 397 g/mol. The van der Waals surface area contributed by atoms with E-state index in [2.05, 4.69) is 20.6 Å². The lowest BCUT2D eigenvalue weighted by molar-refractivity contribution is -0.124. The summed E-state index contributed by atoms with van der Waals surface area (Å²) in [6.07, 6.45) is 1.38. The smallest absolute Gasteiger partial charge is 0.266 e. The summed E-state index contributed by atoms with van der Waals surface area (Å²) in [4.78, 5) is 23.4. The molecule has 144 valence electrons. The highest BCUT2D eigenvalue weighted by molar-refractivity contribution is 7.99. The number of ether oxygens (including phenoxy) is 1. The van der Waals surface area contributed by atoms with Gasteiger partial charge in [-0.05, 0) is 35.0 Å². The first-order valence-corrected chi connectivity index (χ1v) is 9.45. The van der Waals surface area contributed by atoms with E-state index in [1.807, 2.05) is 42.5 Å². The summed E-state index contributed by atoms with van der Waals surface area (Å²) in [5, 5.41) is 9.42. The zero-order chi connectivity index (χ0) is 19.8. The van der Waals surface area contributed by atoms with Crippen molar-refractivity contribution in [1.82, 2.24) is 5.43 Å². The number of rotatable bonds is 8. The summed E-state index contributed by atoms with van der Waals surface area (Å²) in [7, 11) is 1.43. The zero-order valence-corrected chi connectivity index (χ0v) is 16.0. The summed E-state index contributed by atoms with van der Waals surface area (Å²) in [5.41, 5.74) is 3.06. The van der Waals surface area contributed by atoms with Crippen molar-refractivity contribution >= 4 is 46.3 Å². The Kier molecular flexibility index (Phi) is 6.83. The fourth-order valence-corrected chi connectivity index (χ4v) is 3.08. The van der Waals surface area contributed by atoms with Crippen molar-refractivity contribution < 1.29 is 18.7 Å². The van der Waals surface area contributed by atoms with Gasteiger partial charge in [0.1, 0.15) is 12.4 Å². The van der Waals surface area contributed by atoms with Crippen molar-refractivity contribution in [2.24, 2.45) is 5.10 Å². The topological polar surface area (TPSA) is 92.9 Å². The Morgan fingerprint density at radius 3 is 2.75 bits per heavy atom. The molecule has 3 aromatic rings. The molecule has 0 bridgehead atoms. The van der Waals surface area contributed by atoms with Crippen LogP contribution in [0.25, 0.3) is 10.8 Å². The van der Waals surface area contributed by atoms with Gasteiger partial charge in [-0.3, -0.25) is 9.59 Å². The van der Waals surface area contributed by atoms with Gasteiger partial charge in [-0.1, -0.05) is 42.1 Å². The average molecular weight is 397 g/mol. The van der Waals surface area contributed by atoms with Crippen LogP contribution >= 0.6 is 11.8 Å². The maximum atomic E-state index is 12.2. The third-order valence-electron chi connectivity index (χ3n) is 3.64. The largest absolute Gasteiger partial charge is 0.449 e. The van der Waals surface area contributed by atoms with E-state index in [9.17, 15) is 9.59 Å². The second kappa shape index (κ2) is 9.72. The number of hydrogen-bond acceptors (Lipinski definition) is 6. The molecule has 0 saturated carbocycles. The lowest BCUT2D eigenvalue weighted by atomic mass is 10.1. The van der Waals surface area contributed by atoms with Crippen LogP contribution in [0.3, 0.4) is 0 Å². The lowest BCUT2D eigenvalue weighted by Gasteiger charge is -2.06. The molecule has 3 rings (SSSR count). The maximum absolute atomic E-state index is 12.2. The van der Waals surface area contributed by atoms with Crippen LogP contribution in [0, 0.1) is 0 Å². The molecule has 8 heteroatoms. The van der Waals surface area contributed by atoms with Crippen LogP contribution in [0.2, 0.25) is 0 Å². The summed E-state index contributed by atoms with van der Waals surface area (Å²) in [6.45, 7) is -0.0666. The SMILES string of the molecule is COCC(=O)N/N=C\c1ccc(SCC(=O)Nc2ccc3ccccc3c2)o1. The molecule has 7 nitrogen and oxygen atoms in total. The van der Waals surface area contributed by atoms with Crippen LogP contribution in [-0.4, -0.2) is 37.5 Å². The number of hydrogen-bond donors (Lipinski definition) is 2. The number of amides is 2. The third kappa shape index (κ3) is 5.70. The Labute approximate surface area is 166 Å². The number of methoxy groups -OCH3 is 1. The number of carbonyl (C=O) groups is 2. The summed E-state index contributed by atoms with van der Waals surface area (Å²) in [6, 6.07) is 17.2. The van der Waals surface area contributed by atoms with Crippen LogP contribution < -0.4 is 10.7 Å². The molecule has 0 fully saturated rings. The molecule has 0 unspecified atom stereocenters.